The molecule has 0 atom stereocenters. The summed E-state index contributed by atoms with van der Waals surface area (Å²) in [5, 5.41) is 3.55. The van der Waals surface area contributed by atoms with Gasteiger partial charge in [0, 0.05) is 18.0 Å². The molecule has 0 aromatic heterocycles. The smallest absolute Gasteiger partial charge is 0.220 e. The number of carbonyl (C=O) groups excluding carboxylic acids is 1. The van der Waals surface area contributed by atoms with Crippen molar-refractivity contribution in [3.63, 3.8) is 0 Å². The molecule has 0 fully saturated rings. The van der Waals surface area contributed by atoms with Gasteiger partial charge in [-0.1, -0.05) is 23.2 Å². The fourth-order valence-corrected chi connectivity index (χ4v) is 3.17. The van der Waals surface area contributed by atoms with Crippen molar-refractivity contribution in [1.82, 2.24) is 5.32 Å². The molecule has 0 spiro atoms. The molecule has 136 valence electrons. The van der Waals surface area contributed by atoms with Crippen LogP contribution in [0.3, 0.4) is 0 Å². The summed E-state index contributed by atoms with van der Waals surface area (Å²) in [6.45, 7) is 5.37. The molecule has 1 aromatic rings. The van der Waals surface area contributed by atoms with E-state index in [4.69, 9.17) is 27.9 Å². The molecular formula is C16H23Cl2NO4S. The van der Waals surface area contributed by atoms with Crippen molar-refractivity contribution < 1.29 is 17.9 Å². The quantitative estimate of drug-likeness (QED) is 0.683. The van der Waals surface area contributed by atoms with Crippen LogP contribution in [0.1, 0.15) is 33.6 Å². The van der Waals surface area contributed by atoms with Gasteiger partial charge in [-0.25, -0.2) is 8.42 Å². The maximum Gasteiger partial charge on any atom is 0.220 e. The summed E-state index contributed by atoms with van der Waals surface area (Å²) in [6.07, 6.45) is 0.748. The monoisotopic (exact) mass is 395 g/mol. The van der Waals surface area contributed by atoms with Crippen molar-refractivity contribution in [2.24, 2.45) is 0 Å². The molecule has 1 rings (SSSR count). The molecule has 0 aliphatic rings. The number of amides is 1. The van der Waals surface area contributed by atoms with Crippen LogP contribution < -0.4 is 10.1 Å². The number of hydrogen-bond donors (Lipinski definition) is 1. The predicted octanol–water partition coefficient (Wildman–Crippen LogP) is 3.48. The number of halogens is 2. The molecule has 0 aliphatic heterocycles. The summed E-state index contributed by atoms with van der Waals surface area (Å²) >= 11 is 11.8. The Morgan fingerprint density at radius 2 is 1.92 bits per heavy atom. The van der Waals surface area contributed by atoms with Crippen LogP contribution in [-0.4, -0.2) is 38.0 Å². The zero-order valence-corrected chi connectivity index (χ0v) is 16.4. The Hall–Kier alpha value is -0.980. The molecule has 0 unspecified atom stereocenters. The van der Waals surface area contributed by atoms with Gasteiger partial charge in [0.25, 0.3) is 0 Å². The van der Waals surface area contributed by atoms with E-state index in [1.807, 2.05) is 0 Å². The second-order valence-electron chi connectivity index (χ2n) is 6.31. The van der Waals surface area contributed by atoms with Crippen LogP contribution in [0.25, 0.3) is 0 Å². The Balaban J connectivity index is 2.25. The lowest BCUT2D eigenvalue weighted by Gasteiger charge is -2.19. The fraction of sp³-hybridized carbons (Fsp3) is 0.562. The molecule has 1 aromatic carbocycles. The van der Waals surface area contributed by atoms with Gasteiger partial charge in [-0.3, -0.25) is 4.79 Å². The van der Waals surface area contributed by atoms with Gasteiger partial charge in [0.15, 0.2) is 9.84 Å². The van der Waals surface area contributed by atoms with Crippen molar-refractivity contribution in [1.29, 1.82) is 0 Å². The van der Waals surface area contributed by atoms with Gasteiger partial charge >= 0.3 is 0 Å². The Morgan fingerprint density at radius 1 is 1.25 bits per heavy atom. The number of ether oxygens (including phenoxy) is 1. The normalized spacial score (nSPS) is 12.0. The first kappa shape index (κ1) is 21.1. The second kappa shape index (κ2) is 8.92. The van der Waals surface area contributed by atoms with E-state index in [2.05, 4.69) is 5.32 Å². The second-order valence-corrected chi connectivity index (χ2v) is 10.0. The average molecular weight is 396 g/mol. The first-order valence-corrected chi connectivity index (χ1v) is 10.0. The van der Waals surface area contributed by atoms with Crippen molar-refractivity contribution >= 4 is 38.9 Å². The number of sulfone groups is 1. The van der Waals surface area contributed by atoms with E-state index in [9.17, 15) is 13.2 Å². The Labute approximate surface area is 153 Å². The molecular weight excluding hydrogens is 373 g/mol. The minimum atomic E-state index is -3.23. The highest BCUT2D eigenvalue weighted by molar-refractivity contribution is 7.92. The van der Waals surface area contributed by atoms with E-state index >= 15 is 0 Å². The number of hydrogen-bond acceptors (Lipinski definition) is 4. The standard InChI is InChI=1S/C16H23Cl2NO4S/c1-16(2,3)24(21,22)10-8-19-15(20)5-4-9-23-14-7-6-12(17)11-13(14)18/h6-7,11H,4-5,8-10H2,1-3H3,(H,19,20). The first-order chi connectivity index (χ1) is 11.0. The van der Waals surface area contributed by atoms with Crippen molar-refractivity contribution in [3.8, 4) is 5.75 Å². The molecule has 0 bridgehead atoms. The maximum atomic E-state index is 11.9. The van der Waals surface area contributed by atoms with E-state index in [0.29, 0.717) is 28.8 Å². The summed E-state index contributed by atoms with van der Waals surface area (Å²) in [5.74, 6) is 0.238. The lowest BCUT2D eigenvalue weighted by Crippen LogP contribution is -2.36. The largest absolute Gasteiger partial charge is 0.492 e. The van der Waals surface area contributed by atoms with Crippen LogP contribution in [0.4, 0.5) is 0 Å². The van der Waals surface area contributed by atoms with Crippen LogP contribution in [-0.2, 0) is 14.6 Å². The van der Waals surface area contributed by atoms with Crippen LogP contribution in [0.15, 0.2) is 18.2 Å². The highest BCUT2D eigenvalue weighted by Crippen LogP contribution is 2.27. The van der Waals surface area contributed by atoms with Crippen LogP contribution in [0, 0.1) is 0 Å². The summed E-state index contributed by atoms with van der Waals surface area (Å²) in [6, 6.07) is 4.92. The third-order valence-corrected chi connectivity index (χ3v) is 6.46. The van der Waals surface area contributed by atoms with E-state index in [-0.39, 0.29) is 24.6 Å². The molecule has 0 heterocycles. The Bertz CT molecular complexity index is 669. The third kappa shape index (κ3) is 6.87. The van der Waals surface area contributed by atoms with E-state index in [1.54, 1.807) is 39.0 Å². The highest BCUT2D eigenvalue weighted by Gasteiger charge is 2.28. The molecule has 8 heteroatoms. The SMILES string of the molecule is CC(C)(C)S(=O)(=O)CCNC(=O)CCCOc1ccc(Cl)cc1Cl. The lowest BCUT2D eigenvalue weighted by molar-refractivity contribution is -0.121. The zero-order valence-electron chi connectivity index (χ0n) is 14.1. The highest BCUT2D eigenvalue weighted by atomic mass is 35.5. The molecule has 24 heavy (non-hydrogen) atoms. The molecule has 5 nitrogen and oxygen atoms in total. The topological polar surface area (TPSA) is 72.5 Å². The van der Waals surface area contributed by atoms with Gasteiger partial charge in [0.1, 0.15) is 5.75 Å². The molecule has 1 amide bonds. The van der Waals surface area contributed by atoms with Crippen molar-refractivity contribution in [2.75, 3.05) is 18.9 Å². The molecule has 0 aliphatic carbocycles. The van der Waals surface area contributed by atoms with Crippen molar-refractivity contribution in [2.45, 2.75) is 38.4 Å². The third-order valence-electron chi connectivity index (χ3n) is 3.33. The molecule has 0 radical (unpaired) electrons. The van der Waals surface area contributed by atoms with Gasteiger partial charge in [-0.05, 0) is 45.4 Å². The van der Waals surface area contributed by atoms with Gasteiger partial charge < -0.3 is 10.1 Å². The van der Waals surface area contributed by atoms with Crippen LogP contribution in [0.2, 0.25) is 10.0 Å². The number of rotatable bonds is 8. The minimum absolute atomic E-state index is 0.0703. The fourth-order valence-electron chi connectivity index (χ4n) is 1.73. The summed E-state index contributed by atoms with van der Waals surface area (Å²) < 4.78 is 28.5. The molecule has 0 saturated carbocycles. The van der Waals surface area contributed by atoms with Gasteiger partial charge in [0.2, 0.25) is 5.91 Å². The Kier molecular flexibility index (Phi) is 7.83. The molecule has 1 N–H and O–H groups in total. The van der Waals surface area contributed by atoms with Gasteiger partial charge in [-0.15, -0.1) is 0 Å². The average Bonchev–Trinajstić information content (AvgIpc) is 2.44. The van der Waals surface area contributed by atoms with Crippen LogP contribution in [0.5, 0.6) is 5.75 Å². The van der Waals surface area contributed by atoms with Crippen molar-refractivity contribution in [3.05, 3.63) is 28.2 Å². The number of nitrogens with one attached hydrogen (secondary N) is 1. The summed E-state index contributed by atoms with van der Waals surface area (Å²) in [7, 11) is -3.23. The number of benzene rings is 1. The summed E-state index contributed by atoms with van der Waals surface area (Å²) in [5.41, 5.74) is 0. The Morgan fingerprint density at radius 3 is 2.50 bits per heavy atom. The lowest BCUT2D eigenvalue weighted by atomic mass is 10.3. The minimum Gasteiger partial charge on any atom is -0.492 e. The van der Waals surface area contributed by atoms with Gasteiger partial charge in [-0.2, -0.15) is 0 Å². The zero-order chi connectivity index (χ0) is 18.4. The van der Waals surface area contributed by atoms with Gasteiger partial charge in [0.05, 0.1) is 22.1 Å². The first-order valence-electron chi connectivity index (χ1n) is 7.60. The van der Waals surface area contributed by atoms with E-state index < -0.39 is 14.6 Å². The van der Waals surface area contributed by atoms with E-state index in [0.717, 1.165) is 0 Å². The molecule has 0 saturated heterocycles. The predicted molar refractivity (Wildman–Crippen MR) is 97.7 cm³/mol. The van der Waals surface area contributed by atoms with E-state index in [1.165, 1.54) is 0 Å². The maximum absolute atomic E-state index is 11.9. The number of carbonyl (C=O) groups is 1. The summed E-state index contributed by atoms with van der Waals surface area (Å²) in [4.78, 5) is 11.7. The van der Waals surface area contributed by atoms with Crippen LogP contribution >= 0.6 is 23.2 Å².